The van der Waals surface area contributed by atoms with Gasteiger partial charge in [-0.15, -0.1) is 0 Å². The van der Waals surface area contributed by atoms with Crippen molar-refractivity contribution in [2.75, 3.05) is 19.8 Å². The predicted molar refractivity (Wildman–Crippen MR) is 92.7 cm³/mol. The van der Waals surface area contributed by atoms with Crippen LogP contribution < -0.4 is 21.5 Å². The molecule has 11 heteroatoms. The SMILES string of the molecule is O=C(NC(=NCC1CCOC1)NC1CC(C(F)(F)F)NN1)c1ccc(F)cc1. The molecule has 1 aromatic rings. The van der Waals surface area contributed by atoms with Crippen LogP contribution in [0, 0.1) is 11.7 Å². The number of amides is 1. The Labute approximate surface area is 158 Å². The van der Waals surface area contributed by atoms with E-state index >= 15 is 0 Å². The summed E-state index contributed by atoms with van der Waals surface area (Å²) in [6.45, 7) is 1.53. The highest BCUT2D eigenvalue weighted by molar-refractivity contribution is 6.05. The summed E-state index contributed by atoms with van der Waals surface area (Å²) in [6.07, 6.45) is -4.62. The van der Waals surface area contributed by atoms with Crippen LogP contribution in [-0.2, 0) is 4.74 Å². The van der Waals surface area contributed by atoms with E-state index in [4.69, 9.17) is 4.74 Å². The molecule has 2 saturated heterocycles. The summed E-state index contributed by atoms with van der Waals surface area (Å²) < 4.78 is 56.7. The third-order valence-corrected chi connectivity index (χ3v) is 4.48. The molecule has 7 nitrogen and oxygen atoms in total. The summed E-state index contributed by atoms with van der Waals surface area (Å²) in [6, 6.07) is 3.20. The molecule has 0 saturated carbocycles. The Kier molecular flexibility index (Phi) is 6.47. The zero-order chi connectivity index (χ0) is 20.1. The number of nitrogens with zero attached hydrogens (tertiary/aromatic N) is 1. The second-order valence-corrected chi connectivity index (χ2v) is 6.70. The number of halogens is 4. The molecule has 1 aromatic carbocycles. The van der Waals surface area contributed by atoms with Crippen molar-refractivity contribution in [3.8, 4) is 0 Å². The maximum Gasteiger partial charge on any atom is 0.405 e. The molecule has 0 bridgehead atoms. The highest BCUT2D eigenvalue weighted by atomic mass is 19.4. The molecule has 28 heavy (non-hydrogen) atoms. The van der Waals surface area contributed by atoms with Gasteiger partial charge in [0.25, 0.3) is 5.91 Å². The number of ether oxygens (including phenoxy) is 1. The first kappa shape index (κ1) is 20.5. The Hall–Kier alpha value is -2.24. The van der Waals surface area contributed by atoms with Crippen LogP contribution in [0.4, 0.5) is 17.6 Å². The predicted octanol–water partition coefficient (Wildman–Crippen LogP) is 1.29. The van der Waals surface area contributed by atoms with Crippen LogP contribution in [0.5, 0.6) is 0 Å². The number of hydrogen-bond acceptors (Lipinski definition) is 5. The number of guanidine groups is 1. The summed E-state index contributed by atoms with van der Waals surface area (Å²) in [7, 11) is 0. The highest BCUT2D eigenvalue weighted by Gasteiger charge is 2.44. The van der Waals surface area contributed by atoms with Gasteiger partial charge in [0.05, 0.1) is 12.8 Å². The van der Waals surface area contributed by atoms with E-state index in [0.29, 0.717) is 19.8 Å². The van der Waals surface area contributed by atoms with Crippen molar-refractivity contribution < 1.29 is 27.1 Å². The molecule has 3 rings (SSSR count). The quantitative estimate of drug-likeness (QED) is 0.346. The molecule has 2 heterocycles. The standard InChI is InChI=1S/C17H21F4N5O2/c18-12-3-1-11(2-4-12)15(27)24-16(22-8-10-5-6-28-9-10)23-14-7-13(25-26-14)17(19,20)21/h1-4,10,13-14,25-26H,5-9H2,(H2,22,23,24,27). The second-order valence-electron chi connectivity index (χ2n) is 6.70. The summed E-state index contributed by atoms with van der Waals surface area (Å²) in [5.41, 5.74) is 4.88. The van der Waals surface area contributed by atoms with Crippen LogP contribution in [0.3, 0.4) is 0 Å². The van der Waals surface area contributed by atoms with Gasteiger partial charge in [0.15, 0.2) is 5.96 Å². The van der Waals surface area contributed by atoms with Gasteiger partial charge in [-0.05, 0) is 30.7 Å². The molecular weight excluding hydrogens is 382 g/mol. The minimum Gasteiger partial charge on any atom is -0.381 e. The first-order chi connectivity index (χ1) is 13.3. The number of hydrogen-bond donors (Lipinski definition) is 4. The molecule has 2 fully saturated rings. The second kappa shape index (κ2) is 8.84. The zero-order valence-electron chi connectivity index (χ0n) is 14.9. The van der Waals surface area contributed by atoms with Gasteiger partial charge in [0.1, 0.15) is 11.9 Å². The van der Waals surface area contributed by atoms with Gasteiger partial charge in [-0.1, -0.05) is 0 Å². The van der Waals surface area contributed by atoms with Crippen LogP contribution in [0.1, 0.15) is 23.2 Å². The number of nitrogens with one attached hydrogen (secondary N) is 4. The van der Waals surface area contributed by atoms with Gasteiger partial charge in [0, 0.05) is 31.1 Å². The summed E-state index contributed by atoms with van der Waals surface area (Å²) >= 11 is 0. The first-order valence-corrected chi connectivity index (χ1v) is 8.84. The van der Waals surface area contributed by atoms with Crippen molar-refractivity contribution in [2.45, 2.75) is 31.2 Å². The molecular formula is C17H21F4N5O2. The van der Waals surface area contributed by atoms with Crippen molar-refractivity contribution in [3.63, 3.8) is 0 Å². The fourth-order valence-corrected chi connectivity index (χ4v) is 2.88. The van der Waals surface area contributed by atoms with Crippen molar-refractivity contribution in [1.82, 2.24) is 21.5 Å². The number of alkyl halides is 3. The normalized spacial score (nSPS) is 25.7. The van der Waals surface area contributed by atoms with E-state index in [1.807, 2.05) is 0 Å². The van der Waals surface area contributed by atoms with Crippen LogP contribution >= 0.6 is 0 Å². The van der Waals surface area contributed by atoms with Crippen LogP contribution in [0.25, 0.3) is 0 Å². The number of carbonyl (C=O) groups excluding carboxylic acids is 1. The van der Waals surface area contributed by atoms with Crippen LogP contribution in [0.15, 0.2) is 29.3 Å². The van der Waals surface area contributed by atoms with Crippen molar-refractivity contribution >= 4 is 11.9 Å². The number of hydrazine groups is 1. The van der Waals surface area contributed by atoms with Crippen LogP contribution in [-0.4, -0.2) is 50.0 Å². The average molecular weight is 403 g/mol. The monoisotopic (exact) mass is 403 g/mol. The lowest BCUT2D eigenvalue weighted by Gasteiger charge is -2.17. The lowest BCUT2D eigenvalue weighted by atomic mass is 10.1. The molecule has 2 aliphatic heterocycles. The van der Waals surface area contributed by atoms with Crippen LogP contribution in [0.2, 0.25) is 0 Å². The zero-order valence-corrected chi connectivity index (χ0v) is 14.9. The molecule has 0 aromatic heterocycles. The largest absolute Gasteiger partial charge is 0.405 e. The Balaban J connectivity index is 1.65. The molecule has 0 aliphatic carbocycles. The molecule has 154 valence electrons. The van der Waals surface area contributed by atoms with E-state index in [2.05, 4.69) is 26.5 Å². The van der Waals surface area contributed by atoms with Gasteiger partial charge in [-0.2, -0.15) is 13.2 Å². The van der Waals surface area contributed by atoms with Crippen molar-refractivity contribution in [3.05, 3.63) is 35.6 Å². The van der Waals surface area contributed by atoms with E-state index < -0.39 is 30.1 Å². The number of benzene rings is 1. The molecule has 2 aliphatic rings. The maximum absolute atomic E-state index is 13.0. The van der Waals surface area contributed by atoms with E-state index in [-0.39, 0.29) is 23.9 Å². The fourth-order valence-electron chi connectivity index (χ4n) is 2.88. The Morgan fingerprint density at radius 3 is 2.61 bits per heavy atom. The third kappa shape index (κ3) is 5.63. The highest BCUT2D eigenvalue weighted by Crippen LogP contribution is 2.25. The fraction of sp³-hybridized carbons (Fsp3) is 0.529. The number of carbonyl (C=O) groups is 1. The molecule has 3 unspecified atom stereocenters. The van der Waals surface area contributed by atoms with Crippen molar-refractivity contribution in [2.24, 2.45) is 10.9 Å². The smallest absolute Gasteiger partial charge is 0.381 e. The maximum atomic E-state index is 13.0. The van der Waals surface area contributed by atoms with E-state index in [0.717, 1.165) is 18.6 Å². The summed E-state index contributed by atoms with van der Waals surface area (Å²) in [4.78, 5) is 16.7. The van der Waals surface area contributed by atoms with Gasteiger partial charge >= 0.3 is 6.18 Å². The minimum absolute atomic E-state index is 0.0448. The Bertz CT molecular complexity index is 704. The van der Waals surface area contributed by atoms with Gasteiger partial charge in [-0.25, -0.2) is 15.2 Å². The lowest BCUT2D eigenvalue weighted by molar-refractivity contribution is -0.153. The van der Waals surface area contributed by atoms with E-state index in [1.54, 1.807) is 0 Å². The minimum atomic E-state index is -4.39. The molecule has 4 N–H and O–H groups in total. The van der Waals surface area contributed by atoms with Crippen molar-refractivity contribution in [1.29, 1.82) is 0 Å². The third-order valence-electron chi connectivity index (χ3n) is 4.48. The Morgan fingerprint density at radius 2 is 2.00 bits per heavy atom. The summed E-state index contributed by atoms with van der Waals surface area (Å²) in [5.74, 6) is -0.808. The van der Waals surface area contributed by atoms with E-state index in [1.165, 1.54) is 12.1 Å². The van der Waals surface area contributed by atoms with Gasteiger partial charge in [-0.3, -0.25) is 15.1 Å². The Morgan fingerprint density at radius 1 is 1.25 bits per heavy atom. The van der Waals surface area contributed by atoms with Gasteiger partial charge in [0.2, 0.25) is 0 Å². The van der Waals surface area contributed by atoms with Gasteiger partial charge < -0.3 is 10.1 Å². The summed E-state index contributed by atoms with van der Waals surface area (Å²) in [5, 5.41) is 5.33. The topological polar surface area (TPSA) is 86.8 Å². The molecule has 0 spiro atoms. The van der Waals surface area contributed by atoms with E-state index in [9.17, 15) is 22.4 Å². The average Bonchev–Trinajstić information content (AvgIpc) is 3.31. The number of aliphatic imine (C=N–C) groups is 1. The molecule has 0 radical (unpaired) electrons. The molecule has 3 atom stereocenters. The first-order valence-electron chi connectivity index (χ1n) is 8.84. The number of rotatable bonds is 4. The molecule has 1 amide bonds. The lowest BCUT2D eigenvalue weighted by Crippen LogP contribution is -2.51.